The largest absolute Gasteiger partial charge is 0.478 e. The molecule has 2 N–H and O–H groups in total. The van der Waals surface area contributed by atoms with Crippen molar-refractivity contribution in [1.82, 2.24) is 4.98 Å². The monoisotopic (exact) mass is 297 g/mol. The molecule has 19 heavy (non-hydrogen) atoms. The number of nitrogens with one attached hydrogen (secondary N) is 1. The molecule has 0 bridgehead atoms. The quantitative estimate of drug-likeness (QED) is 0.854. The third-order valence-corrected chi connectivity index (χ3v) is 3.56. The minimum Gasteiger partial charge on any atom is -0.478 e. The first-order valence-electron chi connectivity index (χ1n) is 5.82. The maximum absolute atomic E-state index is 11.5. The highest BCUT2D eigenvalue weighted by molar-refractivity contribution is 6.39. The molecule has 2 rings (SSSR count). The van der Waals surface area contributed by atoms with E-state index >= 15 is 0 Å². The minimum absolute atomic E-state index is 0.0705. The molecule has 1 heterocycles. The number of rotatable bonds is 3. The number of hydrogen-bond donors (Lipinski definition) is 2. The average Bonchev–Trinajstić information content (AvgIpc) is 2.73. The van der Waals surface area contributed by atoms with E-state index < -0.39 is 5.97 Å². The Hall–Kier alpha value is -1.45. The summed E-state index contributed by atoms with van der Waals surface area (Å²) in [6, 6.07) is 5.11. The molecule has 0 atom stereocenters. The van der Waals surface area contributed by atoms with Crippen molar-refractivity contribution in [2.75, 3.05) is 0 Å². The molecule has 1 aromatic carbocycles. The lowest BCUT2D eigenvalue weighted by atomic mass is 9.98. The summed E-state index contributed by atoms with van der Waals surface area (Å²) < 4.78 is 0. The number of benzene rings is 1. The van der Waals surface area contributed by atoms with Crippen molar-refractivity contribution in [2.24, 2.45) is 0 Å². The van der Waals surface area contributed by atoms with Gasteiger partial charge in [-0.05, 0) is 18.1 Å². The van der Waals surface area contributed by atoms with E-state index in [1.165, 1.54) is 0 Å². The van der Waals surface area contributed by atoms with E-state index in [1.54, 1.807) is 24.4 Å². The van der Waals surface area contributed by atoms with Gasteiger partial charge in [-0.25, -0.2) is 4.79 Å². The van der Waals surface area contributed by atoms with Crippen molar-refractivity contribution >= 4 is 29.2 Å². The number of aromatic amines is 1. The summed E-state index contributed by atoms with van der Waals surface area (Å²) in [7, 11) is 0. The fourth-order valence-electron chi connectivity index (χ4n) is 2.08. The van der Waals surface area contributed by atoms with Crippen molar-refractivity contribution < 1.29 is 9.90 Å². The zero-order valence-corrected chi connectivity index (χ0v) is 12.0. The van der Waals surface area contributed by atoms with Gasteiger partial charge in [0, 0.05) is 33.1 Å². The predicted octanol–water partition coefficient (Wildman–Crippen LogP) is 4.81. The molecule has 2 aromatic rings. The van der Waals surface area contributed by atoms with Crippen LogP contribution in [0.25, 0.3) is 11.1 Å². The van der Waals surface area contributed by atoms with Crippen molar-refractivity contribution in [3.8, 4) is 11.1 Å². The maximum Gasteiger partial charge on any atom is 0.338 e. The Morgan fingerprint density at radius 3 is 2.32 bits per heavy atom. The summed E-state index contributed by atoms with van der Waals surface area (Å²) in [5, 5.41) is 10.3. The van der Waals surface area contributed by atoms with Gasteiger partial charge >= 0.3 is 5.97 Å². The Labute approximate surface area is 121 Å². The Bertz CT molecular complexity index is 612. The number of hydrogen-bond acceptors (Lipinski definition) is 1. The van der Waals surface area contributed by atoms with E-state index in [2.05, 4.69) is 4.98 Å². The molecule has 3 nitrogen and oxygen atoms in total. The van der Waals surface area contributed by atoms with Crippen LogP contribution in [-0.4, -0.2) is 16.1 Å². The Balaban J connectivity index is 2.73. The summed E-state index contributed by atoms with van der Waals surface area (Å²) in [6.45, 7) is 3.85. The minimum atomic E-state index is -0.990. The zero-order chi connectivity index (χ0) is 14.2. The molecular formula is C14H13Cl2NO2. The van der Waals surface area contributed by atoms with Crippen molar-refractivity contribution in [2.45, 2.75) is 19.8 Å². The number of aromatic nitrogens is 1. The summed E-state index contributed by atoms with van der Waals surface area (Å²) in [5.41, 5.74) is 1.96. The number of H-pyrrole nitrogens is 1. The molecule has 0 saturated carbocycles. The Morgan fingerprint density at radius 2 is 1.84 bits per heavy atom. The van der Waals surface area contributed by atoms with E-state index in [4.69, 9.17) is 23.2 Å². The predicted molar refractivity (Wildman–Crippen MR) is 77.3 cm³/mol. The van der Waals surface area contributed by atoms with Crippen LogP contribution < -0.4 is 0 Å². The second kappa shape index (κ2) is 5.27. The lowest BCUT2D eigenvalue weighted by Gasteiger charge is -2.08. The van der Waals surface area contributed by atoms with Crippen LogP contribution in [0.2, 0.25) is 10.0 Å². The number of halogens is 2. The molecule has 0 aliphatic rings. The van der Waals surface area contributed by atoms with Crippen LogP contribution in [0, 0.1) is 0 Å². The van der Waals surface area contributed by atoms with Crippen LogP contribution in [0.1, 0.15) is 35.8 Å². The van der Waals surface area contributed by atoms with Gasteiger partial charge in [-0.2, -0.15) is 0 Å². The molecule has 0 aliphatic heterocycles. The highest BCUT2D eigenvalue weighted by Gasteiger charge is 2.23. The lowest BCUT2D eigenvalue weighted by Crippen LogP contribution is -2.03. The van der Waals surface area contributed by atoms with Gasteiger partial charge in [0.25, 0.3) is 0 Å². The van der Waals surface area contributed by atoms with Gasteiger partial charge in [-0.1, -0.05) is 43.1 Å². The van der Waals surface area contributed by atoms with Gasteiger partial charge in [0.05, 0.1) is 5.56 Å². The standard InChI is InChI=1S/C14H13Cl2NO2/c1-7(2)13-12(14(18)19)8(6-17-13)11-9(15)4-3-5-10(11)16/h3-7,17H,1-2H3,(H,18,19). The molecule has 0 fully saturated rings. The normalized spacial score (nSPS) is 11.0. The molecule has 1 aromatic heterocycles. The van der Waals surface area contributed by atoms with Crippen molar-refractivity contribution in [3.63, 3.8) is 0 Å². The smallest absolute Gasteiger partial charge is 0.338 e. The Kier molecular flexibility index (Phi) is 3.88. The molecule has 100 valence electrons. The molecule has 0 radical (unpaired) electrons. The SMILES string of the molecule is CC(C)c1[nH]cc(-c2c(Cl)cccc2Cl)c1C(=O)O. The molecule has 0 amide bonds. The second-order valence-corrected chi connectivity index (χ2v) is 5.36. The third kappa shape index (κ3) is 2.48. The molecule has 0 saturated heterocycles. The van der Waals surface area contributed by atoms with Crippen molar-refractivity contribution in [3.05, 3.63) is 45.7 Å². The fourth-order valence-corrected chi connectivity index (χ4v) is 2.68. The number of aromatic carboxylic acids is 1. The number of carbonyl (C=O) groups is 1. The van der Waals surface area contributed by atoms with Gasteiger partial charge in [0.1, 0.15) is 0 Å². The summed E-state index contributed by atoms with van der Waals surface area (Å²) in [4.78, 5) is 14.5. The molecule has 0 unspecified atom stereocenters. The molecular weight excluding hydrogens is 285 g/mol. The number of carboxylic acid groups (broad SMARTS) is 1. The summed E-state index contributed by atoms with van der Waals surface area (Å²) in [6.07, 6.45) is 1.64. The second-order valence-electron chi connectivity index (χ2n) is 4.55. The Morgan fingerprint density at radius 1 is 1.26 bits per heavy atom. The van der Waals surface area contributed by atoms with E-state index in [9.17, 15) is 9.90 Å². The molecule has 0 spiro atoms. The van der Waals surface area contributed by atoms with E-state index in [0.717, 1.165) is 0 Å². The van der Waals surface area contributed by atoms with E-state index in [0.29, 0.717) is 26.9 Å². The average molecular weight is 298 g/mol. The molecule has 5 heteroatoms. The first kappa shape index (κ1) is 14.0. The first-order chi connectivity index (χ1) is 8.93. The van der Waals surface area contributed by atoms with Gasteiger partial charge in [0.15, 0.2) is 0 Å². The highest BCUT2D eigenvalue weighted by Crippen LogP contribution is 2.38. The number of carboxylic acids is 1. The van der Waals surface area contributed by atoms with Crippen molar-refractivity contribution in [1.29, 1.82) is 0 Å². The van der Waals surface area contributed by atoms with Gasteiger partial charge in [-0.15, -0.1) is 0 Å². The highest BCUT2D eigenvalue weighted by atomic mass is 35.5. The maximum atomic E-state index is 11.5. The third-order valence-electron chi connectivity index (χ3n) is 2.93. The summed E-state index contributed by atoms with van der Waals surface area (Å²) in [5.74, 6) is -0.919. The molecule has 0 aliphatic carbocycles. The van der Waals surface area contributed by atoms with Gasteiger partial charge in [0.2, 0.25) is 0 Å². The topological polar surface area (TPSA) is 53.1 Å². The van der Waals surface area contributed by atoms with E-state index in [-0.39, 0.29) is 11.5 Å². The van der Waals surface area contributed by atoms with Crippen LogP contribution in [0.3, 0.4) is 0 Å². The first-order valence-corrected chi connectivity index (χ1v) is 6.58. The fraction of sp³-hybridized carbons (Fsp3) is 0.214. The van der Waals surface area contributed by atoms with Crippen LogP contribution in [-0.2, 0) is 0 Å². The van der Waals surface area contributed by atoms with Crippen LogP contribution in [0.5, 0.6) is 0 Å². The lowest BCUT2D eigenvalue weighted by molar-refractivity contribution is 0.0696. The summed E-state index contributed by atoms with van der Waals surface area (Å²) >= 11 is 12.3. The van der Waals surface area contributed by atoms with E-state index in [1.807, 2.05) is 13.8 Å². The van der Waals surface area contributed by atoms with Gasteiger partial charge in [-0.3, -0.25) is 0 Å². The zero-order valence-electron chi connectivity index (χ0n) is 10.5. The van der Waals surface area contributed by atoms with Crippen LogP contribution in [0.4, 0.5) is 0 Å². The van der Waals surface area contributed by atoms with Crippen LogP contribution in [0.15, 0.2) is 24.4 Å². The van der Waals surface area contributed by atoms with Crippen LogP contribution >= 0.6 is 23.2 Å². The van der Waals surface area contributed by atoms with Gasteiger partial charge < -0.3 is 10.1 Å².